The number of hydrogen-bond donors (Lipinski definition) is 2. The van der Waals surface area contributed by atoms with Gasteiger partial charge in [-0.25, -0.2) is 8.78 Å². The summed E-state index contributed by atoms with van der Waals surface area (Å²) in [5.41, 5.74) is -0.510. The molecule has 0 saturated heterocycles. The monoisotopic (exact) mass is 257 g/mol. The average molecular weight is 257 g/mol. The lowest BCUT2D eigenvalue weighted by Crippen LogP contribution is -2.37. The van der Waals surface area contributed by atoms with Gasteiger partial charge in [0.15, 0.2) is 0 Å². The molecule has 0 unspecified atom stereocenters. The minimum atomic E-state index is -0.725. The molecule has 100 valence electrons. The van der Waals surface area contributed by atoms with Gasteiger partial charge in [-0.15, -0.1) is 0 Å². The fourth-order valence-electron chi connectivity index (χ4n) is 1.62. The SMILES string of the molecule is CC(C)(CNC(=O)CCO)c1cc(F)ccc1F. The predicted octanol–water partition coefficient (Wildman–Crippen LogP) is 1.74. The van der Waals surface area contributed by atoms with Gasteiger partial charge in [0.2, 0.25) is 5.91 Å². The lowest BCUT2D eigenvalue weighted by Gasteiger charge is -2.26. The van der Waals surface area contributed by atoms with Crippen LogP contribution in [0.2, 0.25) is 0 Å². The maximum Gasteiger partial charge on any atom is 0.222 e. The third-order valence-electron chi connectivity index (χ3n) is 2.72. The molecule has 0 aliphatic rings. The summed E-state index contributed by atoms with van der Waals surface area (Å²) in [5.74, 6) is -1.33. The van der Waals surface area contributed by atoms with Crippen LogP contribution in [0.4, 0.5) is 8.78 Å². The van der Waals surface area contributed by atoms with E-state index in [0.717, 1.165) is 18.2 Å². The lowest BCUT2D eigenvalue weighted by molar-refractivity contribution is -0.121. The topological polar surface area (TPSA) is 49.3 Å². The van der Waals surface area contributed by atoms with E-state index in [0.29, 0.717) is 0 Å². The number of carbonyl (C=O) groups excluding carboxylic acids is 1. The molecule has 0 aliphatic heterocycles. The zero-order chi connectivity index (χ0) is 13.8. The smallest absolute Gasteiger partial charge is 0.222 e. The first-order valence-corrected chi connectivity index (χ1v) is 5.70. The summed E-state index contributed by atoms with van der Waals surface area (Å²) in [7, 11) is 0. The van der Waals surface area contributed by atoms with Gasteiger partial charge in [-0.05, 0) is 23.8 Å². The number of amides is 1. The first-order valence-electron chi connectivity index (χ1n) is 5.70. The van der Waals surface area contributed by atoms with E-state index in [4.69, 9.17) is 5.11 Å². The molecule has 5 heteroatoms. The summed E-state index contributed by atoms with van der Waals surface area (Å²) < 4.78 is 26.7. The molecular formula is C13H17F2NO2. The first kappa shape index (κ1) is 14.6. The Morgan fingerprint density at radius 3 is 2.67 bits per heavy atom. The van der Waals surface area contributed by atoms with E-state index in [-0.39, 0.29) is 31.0 Å². The van der Waals surface area contributed by atoms with Crippen molar-refractivity contribution >= 4 is 5.91 Å². The van der Waals surface area contributed by atoms with Crippen LogP contribution >= 0.6 is 0 Å². The zero-order valence-corrected chi connectivity index (χ0v) is 10.5. The number of benzene rings is 1. The molecule has 18 heavy (non-hydrogen) atoms. The highest BCUT2D eigenvalue weighted by molar-refractivity contribution is 5.76. The van der Waals surface area contributed by atoms with E-state index >= 15 is 0 Å². The van der Waals surface area contributed by atoms with Gasteiger partial charge in [-0.3, -0.25) is 4.79 Å². The van der Waals surface area contributed by atoms with Crippen molar-refractivity contribution in [3.8, 4) is 0 Å². The predicted molar refractivity (Wildman–Crippen MR) is 64.1 cm³/mol. The van der Waals surface area contributed by atoms with Gasteiger partial charge >= 0.3 is 0 Å². The summed E-state index contributed by atoms with van der Waals surface area (Å²) >= 11 is 0. The molecule has 1 aromatic rings. The van der Waals surface area contributed by atoms with E-state index in [1.54, 1.807) is 13.8 Å². The highest BCUT2D eigenvalue weighted by Gasteiger charge is 2.25. The summed E-state index contributed by atoms with van der Waals surface area (Å²) in [4.78, 5) is 11.2. The molecule has 1 rings (SSSR count). The fraction of sp³-hybridized carbons (Fsp3) is 0.462. The quantitative estimate of drug-likeness (QED) is 0.844. The Balaban J connectivity index is 2.79. The Kier molecular flexibility index (Phi) is 4.78. The molecule has 3 nitrogen and oxygen atoms in total. The number of rotatable bonds is 5. The van der Waals surface area contributed by atoms with E-state index in [2.05, 4.69) is 5.32 Å². The minimum absolute atomic E-state index is 0.00170. The van der Waals surface area contributed by atoms with Crippen LogP contribution in [0.25, 0.3) is 0 Å². The maximum atomic E-state index is 13.6. The van der Waals surface area contributed by atoms with Crippen LogP contribution in [0.1, 0.15) is 25.8 Å². The van der Waals surface area contributed by atoms with Gasteiger partial charge in [0.25, 0.3) is 0 Å². The van der Waals surface area contributed by atoms with Crippen LogP contribution in [0.5, 0.6) is 0 Å². The molecule has 0 bridgehead atoms. The number of hydrogen-bond acceptors (Lipinski definition) is 2. The largest absolute Gasteiger partial charge is 0.396 e. The summed E-state index contributed by atoms with van der Waals surface area (Å²) in [5, 5.41) is 11.2. The van der Waals surface area contributed by atoms with Gasteiger partial charge in [0.05, 0.1) is 6.61 Å². The van der Waals surface area contributed by atoms with Gasteiger partial charge in [-0.1, -0.05) is 13.8 Å². The molecule has 0 heterocycles. The van der Waals surface area contributed by atoms with Gasteiger partial charge in [0.1, 0.15) is 11.6 Å². The molecule has 2 N–H and O–H groups in total. The van der Waals surface area contributed by atoms with Crippen molar-refractivity contribution in [1.82, 2.24) is 5.32 Å². The Labute approximate surface area is 105 Å². The summed E-state index contributed by atoms with van der Waals surface area (Å²) in [6, 6.07) is 3.26. The van der Waals surface area contributed by atoms with Crippen molar-refractivity contribution in [1.29, 1.82) is 0 Å². The maximum absolute atomic E-state index is 13.6. The number of aliphatic hydroxyl groups excluding tert-OH is 1. The molecule has 0 aliphatic carbocycles. The minimum Gasteiger partial charge on any atom is -0.396 e. The van der Waals surface area contributed by atoms with Crippen LogP contribution in [0, 0.1) is 11.6 Å². The second-order valence-corrected chi connectivity index (χ2v) is 4.76. The van der Waals surface area contributed by atoms with Crippen molar-refractivity contribution in [3.05, 3.63) is 35.4 Å². The average Bonchev–Trinajstić information content (AvgIpc) is 2.30. The fourth-order valence-corrected chi connectivity index (χ4v) is 1.62. The molecule has 1 amide bonds. The normalized spacial score (nSPS) is 11.4. The molecular weight excluding hydrogens is 240 g/mol. The molecule has 0 fully saturated rings. The third-order valence-corrected chi connectivity index (χ3v) is 2.72. The standard InChI is InChI=1S/C13H17F2NO2/c1-13(2,8-16-12(18)5-6-17)10-7-9(14)3-4-11(10)15/h3-4,7,17H,5-6,8H2,1-2H3,(H,16,18). The van der Waals surface area contributed by atoms with E-state index in [1.807, 2.05) is 0 Å². The molecule has 0 saturated carbocycles. The second-order valence-electron chi connectivity index (χ2n) is 4.76. The molecule has 0 radical (unpaired) electrons. The highest BCUT2D eigenvalue weighted by Crippen LogP contribution is 2.25. The van der Waals surface area contributed by atoms with E-state index < -0.39 is 17.0 Å². The third kappa shape index (κ3) is 3.77. The van der Waals surface area contributed by atoms with Crippen LogP contribution in [-0.2, 0) is 10.2 Å². The molecule has 0 spiro atoms. The number of nitrogens with one attached hydrogen (secondary N) is 1. The Hall–Kier alpha value is -1.49. The van der Waals surface area contributed by atoms with Gasteiger partial charge in [-0.2, -0.15) is 0 Å². The number of aliphatic hydroxyl groups is 1. The van der Waals surface area contributed by atoms with Gasteiger partial charge in [0, 0.05) is 18.4 Å². The lowest BCUT2D eigenvalue weighted by atomic mass is 9.84. The van der Waals surface area contributed by atoms with Crippen molar-refractivity contribution in [2.24, 2.45) is 0 Å². The van der Waals surface area contributed by atoms with Crippen LogP contribution in [0.3, 0.4) is 0 Å². The van der Waals surface area contributed by atoms with Crippen LogP contribution in [-0.4, -0.2) is 24.2 Å². The Morgan fingerprint density at radius 2 is 2.06 bits per heavy atom. The highest BCUT2D eigenvalue weighted by atomic mass is 19.1. The molecule has 1 aromatic carbocycles. The first-order chi connectivity index (χ1) is 8.36. The van der Waals surface area contributed by atoms with Crippen LogP contribution in [0.15, 0.2) is 18.2 Å². The second kappa shape index (κ2) is 5.91. The van der Waals surface area contributed by atoms with Crippen molar-refractivity contribution in [2.45, 2.75) is 25.7 Å². The zero-order valence-electron chi connectivity index (χ0n) is 10.5. The van der Waals surface area contributed by atoms with E-state index in [9.17, 15) is 13.6 Å². The van der Waals surface area contributed by atoms with E-state index in [1.165, 1.54) is 0 Å². The molecule has 0 atom stereocenters. The summed E-state index contributed by atoms with van der Waals surface area (Å²) in [6.45, 7) is 3.36. The number of halogens is 2. The van der Waals surface area contributed by atoms with Crippen molar-refractivity contribution in [2.75, 3.05) is 13.2 Å². The van der Waals surface area contributed by atoms with Gasteiger partial charge < -0.3 is 10.4 Å². The molecule has 0 aromatic heterocycles. The van der Waals surface area contributed by atoms with Crippen LogP contribution < -0.4 is 5.32 Å². The van der Waals surface area contributed by atoms with Crippen molar-refractivity contribution in [3.63, 3.8) is 0 Å². The van der Waals surface area contributed by atoms with Crippen molar-refractivity contribution < 1.29 is 18.7 Å². The number of carbonyl (C=O) groups is 1. The Bertz CT molecular complexity index is 433. The Morgan fingerprint density at radius 1 is 1.39 bits per heavy atom. The summed E-state index contributed by atoms with van der Waals surface area (Å²) in [6.07, 6.45) is 0.00170.